The molecule has 2 aromatic rings. The van der Waals surface area contributed by atoms with Crippen molar-refractivity contribution in [3.63, 3.8) is 0 Å². The molecule has 4 nitrogen and oxygen atoms in total. The van der Waals surface area contributed by atoms with Crippen LogP contribution in [0.5, 0.6) is 5.75 Å². The van der Waals surface area contributed by atoms with Crippen LogP contribution in [0.3, 0.4) is 0 Å². The summed E-state index contributed by atoms with van der Waals surface area (Å²) in [5.41, 5.74) is -1.24. The summed E-state index contributed by atoms with van der Waals surface area (Å²) in [7, 11) is 1.48. The smallest absolute Gasteiger partial charge is 0.417 e. The first-order valence-corrected chi connectivity index (χ1v) is 6.94. The average Bonchev–Trinajstić information content (AvgIpc) is 2.58. The number of benzene rings is 2. The van der Waals surface area contributed by atoms with E-state index in [1.165, 1.54) is 31.4 Å². The van der Waals surface area contributed by atoms with Crippen molar-refractivity contribution >= 4 is 11.7 Å². The second kappa shape index (κ2) is 7.16. The molecule has 0 aliphatic rings. The fourth-order valence-electron chi connectivity index (χ4n) is 2.06. The molecule has 0 unspecified atom stereocenters. The lowest BCUT2D eigenvalue weighted by atomic mass is 10.1. The van der Waals surface area contributed by atoms with Gasteiger partial charge in [-0.2, -0.15) is 13.2 Å². The number of alkyl halides is 3. The number of carbonyl (C=O) groups is 2. The van der Waals surface area contributed by atoms with Gasteiger partial charge in [0.2, 0.25) is 0 Å². The maximum Gasteiger partial charge on any atom is 0.417 e. The van der Waals surface area contributed by atoms with Crippen molar-refractivity contribution in [1.29, 1.82) is 0 Å². The third-order valence-electron chi connectivity index (χ3n) is 3.30. The lowest BCUT2D eigenvalue weighted by Gasteiger charge is -2.12. The topological polar surface area (TPSA) is 55.4 Å². The Hall–Kier alpha value is -2.83. The van der Waals surface area contributed by atoms with Gasteiger partial charge in [0, 0.05) is 5.56 Å². The number of hydrogen-bond acceptors (Lipinski definition) is 3. The van der Waals surface area contributed by atoms with Crippen molar-refractivity contribution in [3.8, 4) is 5.75 Å². The highest BCUT2D eigenvalue weighted by Gasteiger charge is 2.34. The van der Waals surface area contributed by atoms with Gasteiger partial charge in [0.05, 0.1) is 24.8 Å². The molecule has 24 heavy (non-hydrogen) atoms. The van der Waals surface area contributed by atoms with E-state index in [1.54, 1.807) is 12.1 Å². The Labute approximate surface area is 136 Å². The molecule has 7 heteroatoms. The van der Waals surface area contributed by atoms with E-state index in [-0.39, 0.29) is 0 Å². The van der Waals surface area contributed by atoms with Gasteiger partial charge in [0.1, 0.15) is 5.75 Å². The molecule has 0 atom stereocenters. The summed E-state index contributed by atoms with van der Waals surface area (Å²) in [6.07, 6.45) is -4.64. The van der Waals surface area contributed by atoms with E-state index in [4.69, 9.17) is 4.74 Å². The second-order valence-corrected chi connectivity index (χ2v) is 4.88. The molecule has 1 N–H and O–H groups in total. The van der Waals surface area contributed by atoms with Gasteiger partial charge in [0.15, 0.2) is 5.78 Å². The minimum absolute atomic E-state index is 0.320. The first kappa shape index (κ1) is 17.5. The maximum absolute atomic E-state index is 12.9. The molecule has 1 amide bonds. The Morgan fingerprint density at radius 1 is 1.04 bits per heavy atom. The summed E-state index contributed by atoms with van der Waals surface area (Å²) >= 11 is 0. The molecule has 126 valence electrons. The van der Waals surface area contributed by atoms with Crippen LogP contribution in [0.1, 0.15) is 26.3 Å². The first-order chi connectivity index (χ1) is 11.3. The average molecular weight is 337 g/mol. The number of rotatable bonds is 5. The Morgan fingerprint density at radius 2 is 1.67 bits per heavy atom. The van der Waals surface area contributed by atoms with E-state index in [2.05, 4.69) is 5.32 Å². The fraction of sp³-hybridized carbons (Fsp3) is 0.176. The van der Waals surface area contributed by atoms with E-state index in [1.807, 2.05) is 0 Å². The minimum atomic E-state index is -4.64. The Morgan fingerprint density at radius 3 is 2.25 bits per heavy atom. The highest BCUT2D eigenvalue weighted by molar-refractivity contribution is 6.02. The molecule has 2 rings (SSSR count). The van der Waals surface area contributed by atoms with Crippen molar-refractivity contribution in [1.82, 2.24) is 5.32 Å². The van der Waals surface area contributed by atoms with Gasteiger partial charge >= 0.3 is 6.18 Å². The van der Waals surface area contributed by atoms with Crippen LogP contribution in [0.15, 0.2) is 48.5 Å². The molecule has 2 aromatic carbocycles. The monoisotopic (exact) mass is 337 g/mol. The van der Waals surface area contributed by atoms with Crippen molar-refractivity contribution in [2.45, 2.75) is 6.18 Å². The molecule has 0 aromatic heterocycles. The highest BCUT2D eigenvalue weighted by Crippen LogP contribution is 2.31. The molecular formula is C17H14F3NO3. The van der Waals surface area contributed by atoms with E-state index < -0.39 is 35.5 Å². The number of methoxy groups -OCH3 is 1. The van der Waals surface area contributed by atoms with Crippen LogP contribution in [0.2, 0.25) is 0 Å². The van der Waals surface area contributed by atoms with Crippen LogP contribution in [0.4, 0.5) is 13.2 Å². The van der Waals surface area contributed by atoms with Crippen LogP contribution < -0.4 is 10.1 Å². The Bertz CT molecular complexity index is 739. The number of ketones is 1. The summed E-state index contributed by atoms with van der Waals surface area (Å²) in [5.74, 6) is -0.810. The highest BCUT2D eigenvalue weighted by atomic mass is 19.4. The van der Waals surface area contributed by atoms with Gasteiger partial charge in [0.25, 0.3) is 5.91 Å². The van der Waals surface area contributed by atoms with Crippen molar-refractivity contribution < 1.29 is 27.5 Å². The number of halogens is 3. The normalized spacial score (nSPS) is 11.0. The number of Topliss-reactive ketones (excluding diaryl/α,β-unsaturated/α-hetero) is 1. The van der Waals surface area contributed by atoms with Gasteiger partial charge in [-0.3, -0.25) is 9.59 Å². The quantitative estimate of drug-likeness (QED) is 0.852. The Balaban J connectivity index is 2.07. The number of carbonyl (C=O) groups excluding carboxylic acids is 2. The molecule has 0 heterocycles. The zero-order valence-electron chi connectivity index (χ0n) is 12.7. The van der Waals surface area contributed by atoms with E-state index >= 15 is 0 Å². The number of nitrogens with one attached hydrogen (secondary N) is 1. The fourth-order valence-corrected chi connectivity index (χ4v) is 2.06. The Kier molecular flexibility index (Phi) is 5.23. The standard InChI is InChI=1S/C17H14F3NO3/c1-24-12-8-6-11(7-9-12)15(22)10-21-16(23)13-4-2-3-5-14(13)17(18,19)20/h2-9H,10H2,1H3,(H,21,23). The molecule has 0 fully saturated rings. The van der Waals surface area contributed by atoms with Crippen molar-refractivity contribution in [2.24, 2.45) is 0 Å². The van der Waals surface area contributed by atoms with Crippen LogP contribution in [0.25, 0.3) is 0 Å². The lowest BCUT2D eigenvalue weighted by Crippen LogP contribution is -2.31. The van der Waals surface area contributed by atoms with Gasteiger partial charge in [-0.1, -0.05) is 12.1 Å². The van der Waals surface area contributed by atoms with E-state index in [0.29, 0.717) is 11.3 Å². The second-order valence-electron chi connectivity index (χ2n) is 4.88. The van der Waals surface area contributed by atoms with Gasteiger partial charge in [-0.25, -0.2) is 0 Å². The minimum Gasteiger partial charge on any atom is -0.497 e. The summed E-state index contributed by atoms with van der Waals surface area (Å²) in [4.78, 5) is 23.9. The van der Waals surface area contributed by atoms with Crippen LogP contribution in [0, 0.1) is 0 Å². The van der Waals surface area contributed by atoms with Crippen molar-refractivity contribution in [2.75, 3.05) is 13.7 Å². The number of amides is 1. The molecule has 0 bridgehead atoms. The molecule has 0 aliphatic carbocycles. The molecule has 0 spiro atoms. The molecule has 0 saturated carbocycles. The zero-order valence-corrected chi connectivity index (χ0v) is 12.7. The van der Waals surface area contributed by atoms with E-state index in [0.717, 1.165) is 12.1 Å². The van der Waals surface area contributed by atoms with Gasteiger partial charge in [-0.15, -0.1) is 0 Å². The number of hydrogen-bond donors (Lipinski definition) is 1. The summed E-state index contributed by atoms with van der Waals surface area (Å²) in [5, 5.41) is 2.22. The predicted molar refractivity (Wildman–Crippen MR) is 81.1 cm³/mol. The summed E-state index contributed by atoms with van der Waals surface area (Å²) in [6, 6.07) is 10.6. The third kappa shape index (κ3) is 4.13. The predicted octanol–water partition coefficient (Wildman–Crippen LogP) is 3.33. The van der Waals surface area contributed by atoms with E-state index in [9.17, 15) is 22.8 Å². The summed E-state index contributed by atoms with van der Waals surface area (Å²) < 4.78 is 43.6. The lowest BCUT2D eigenvalue weighted by molar-refractivity contribution is -0.137. The zero-order chi connectivity index (χ0) is 17.7. The SMILES string of the molecule is COc1ccc(C(=O)CNC(=O)c2ccccc2C(F)(F)F)cc1. The molecular weight excluding hydrogens is 323 g/mol. The van der Waals surface area contributed by atoms with Gasteiger partial charge in [-0.05, 0) is 36.4 Å². The largest absolute Gasteiger partial charge is 0.497 e. The first-order valence-electron chi connectivity index (χ1n) is 6.94. The maximum atomic E-state index is 12.9. The molecule has 0 saturated heterocycles. The molecule has 0 aliphatic heterocycles. The van der Waals surface area contributed by atoms with Crippen LogP contribution >= 0.6 is 0 Å². The number of ether oxygens (including phenoxy) is 1. The van der Waals surface area contributed by atoms with Gasteiger partial charge < -0.3 is 10.1 Å². The van der Waals surface area contributed by atoms with Crippen LogP contribution in [-0.4, -0.2) is 25.3 Å². The van der Waals surface area contributed by atoms with Crippen LogP contribution in [-0.2, 0) is 6.18 Å². The molecule has 0 radical (unpaired) electrons. The third-order valence-corrected chi connectivity index (χ3v) is 3.30. The van der Waals surface area contributed by atoms with Crippen molar-refractivity contribution in [3.05, 3.63) is 65.2 Å². The summed E-state index contributed by atoms with van der Waals surface area (Å²) in [6.45, 7) is -0.405.